The molecule has 0 amide bonds. The molecule has 136 valence electrons. The van der Waals surface area contributed by atoms with Crippen LogP contribution in [-0.2, 0) is 19.1 Å². The third-order valence-electron chi connectivity index (χ3n) is 8.23. The molecule has 0 saturated heterocycles. The largest absolute Gasteiger partial charge is 0.469 e. The quantitative estimate of drug-likeness (QED) is 0.683. The molecule has 25 heavy (non-hydrogen) atoms. The maximum Gasteiger partial charge on any atom is 0.309 e. The lowest BCUT2D eigenvalue weighted by Crippen LogP contribution is -2.52. The van der Waals surface area contributed by atoms with Gasteiger partial charge in [0.2, 0.25) is 0 Å². The fourth-order valence-corrected chi connectivity index (χ4v) is 6.64. The number of allylic oxidation sites excluding steroid dienone is 2. The highest BCUT2D eigenvalue weighted by Gasteiger charge is 2.62. The molecule has 4 nitrogen and oxygen atoms in total. The van der Waals surface area contributed by atoms with Gasteiger partial charge in [-0.15, -0.1) is 0 Å². The summed E-state index contributed by atoms with van der Waals surface area (Å²) in [4.78, 5) is 37.4. The smallest absolute Gasteiger partial charge is 0.309 e. The highest BCUT2D eigenvalue weighted by atomic mass is 16.5. The Labute approximate surface area is 149 Å². The fourth-order valence-electron chi connectivity index (χ4n) is 6.64. The molecular formula is C21H28O4. The van der Waals surface area contributed by atoms with Gasteiger partial charge in [-0.05, 0) is 61.3 Å². The van der Waals surface area contributed by atoms with Gasteiger partial charge in [0.15, 0.2) is 5.78 Å². The van der Waals surface area contributed by atoms with Gasteiger partial charge in [0.05, 0.1) is 13.0 Å². The van der Waals surface area contributed by atoms with Crippen molar-refractivity contribution in [2.24, 2.45) is 34.5 Å². The predicted molar refractivity (Wildman–Crippen MR) is 92.6 cm³/mol. The van der Waals surface area contributed by atoms with Gasteiger partial charge in [0, 0.05) is 18.3 Å². The Bertz CT molecular complexity index is 677. The lowest BCUT2D eigenvalue weighted by molar-refractivity contribution is -0.154. The van der Waals surface area contributed by atoms with E-state index >= 15 is 0 Å². The van der Waals surface area contributed by atoms with Crippen molar-refractivity contribution in [3.05, 3.63) is 11.6 Å². The fraction of sp³-hybridized carbons (Fsp3) is 0.762. The van der Waals surface area contributed by atoms with Gasteiger partial charge in [0.25, 0.3) is 0 Å². The molecular weight excluding hydrogens is 316 g/mol. The number of Topliss-reactive ketones (excluding diaryl/α,β-unsaturated/α-hetero) is 1. The molecule has 6 atom stereocenters. The number of ketones is 2. The Morgan fingerprint density at radius 1 is 1.16 bits per heavy atom. The van der Waals surface area contributed by atoms with Crippen molar-refractivity contribution in [2.75, 3.05) is 7.11 Å². The van der Waals surface area contributed by atoms with Crippen molar-refractivity contribution in [1.82, 2.24) is 0 Å². The first kappa shape index (κ1) is 17.0. The van der Waals surface area contributed by atoms with E-state index in [9.17, 15) is 14.4 Å². The summed E-state index contributed by atoms with van der Waals surface area (Å²) in [6.45, 7) is 4.26. The first-order valence-electron chi connectivity index (χ1n) is 9.68. The van der Waals surface area contributed by atoms with E-state index in [0.717, 1.165) is 32.1 Å². The van der Waals surface area contributed by atoms with Crippen molar-refractivity contribution in [3.8, 4) is 0 Å². The molecule has 4 aliphatic rings. The third-order valence-corrected chi connectivity index (χ3v) is 8.23. The minimum absolute atomic E-state index is 0.0167. The average molecular weight is 344 g/mol. The van der Waals surface area contributed by atoms with Crippen LogP contribution < -0.4 is 0 Å². The maximum atomic E-state index is 13.2. The minimum Gasteiger partial charge on any atom is -0.469 e. The average Bonchev–Trinajstić information content (AvgIpc) is 2.95. The first-order chi connectivity index (χ1) is 11.8. The van der Waals surface area contributed by atoms with E-state index in [1.54, 1.807) is 0 Å². The summed E-state index contributed by atoms with van der Waals surface area (Å²) in [6, 6.07) is 0. The molecule has 0 N–H and O–H groups in total. The van der Waals surface area contributed by atoms with Crippen LogP contribution in [0, 0.1) is 34.5 Å². The highest BCUT2D eigenvalue weighted by Crippen LogP contribution is 2.64. The second-order valence-corrected chi connectivity index (χ2v) is 9.05. The van der Waals surface area contributed by atoms with Crippen molar-refractivity contribution >= 4 is 17.5 Å². The number of rotatable bonds is 1. The van der Waals surface area contributed by atoms with E-state index in [2.05, 4.69) is 6.92 Å². The molecule has 0 aromatic rings. The summed E-state index contributed by atoms with van der Waals surface area (Å²) in [7, 11) is 1.42. The maximum absolute atomic E-state index is 13.2. The highest BCUT2D eigenvalue weighted by molar-refractivity contribution is 6.00. The molecule has 0 aliphatic heterocycles. The molecule has 0 aromatic carbocycles. The van der Waals surface area contributed by atoms with Gasteiger partial charge >= 0.3 is 5.97 Å². The molecule has 0 bridgehead atoms. The number of esters is 1. The van der Waals surface area contributed by atoms with E-state index in [0.29, 0.717) is 30.5 Å². The van der Waals surface area contributed by atoms with Crippen LogP contribution in [0.2, 0.25) is 0 Å². The zero-order chi connectivity index (χ0) is 18.0. The Morgan fingerprint density at radius 2 is 1.92 bits per heavy atom. The number of hydrogen-bond donors (Lipinski definition) is 0. The third kappa shape index (κ3) is 2.15. The van der Waals surface area contributed by atoms with Gasteiger partial charge < -0.3 is 4.74 Å². The molecule has 0 heterocycles. The second kappa shape index (κ2) is 5.52. The summed E-state index contributed by atoms with van der Waals surface area (Å²) >= 11 is 0. The number of fused-ring (bicyclic) bond motifs is 5. The van der Waals surface area contributed by atoms with Crippen LogP contribution in [-0.4, -0.2) is 24.6 Å². The van der Waals surface area contributed by atoms with Gasteiger partial charge in [-0.25, -0.2) is 0 Å². The first-order valence-corrected chi connectivity index (χ1v) is 9.68. The second-order valence-electron chi connectivity index (χ2n) is 9.05. The molecule has 3 saturated carbocycles. The summed E-state index contributed by atoms with van der Waals surface area (Å²) in [5, 5.41) is 0. The van der Waals surface area contributed by atoms with E-state index in [1.807, 2.05) is 13.0 Å². The predicted octanol–water partition coefficient (Wildman–Crippen LogP) is 3.49. The van der Waals surface area contributed by atoms with Crippen LogP contribution in [0.25, 0.3) is 0 Å². The topological polar surface area (TPSA) is 60.4 Å². The Hall–Kier alpha value is -1.45. The van der Waals surface area contributed by atoms with Crippen molar-refractivity contribution in [3.63, 3.8) is 0 Å². The van der Waals surface area contributed by atoms with Crippen LogP contribution in [0.1, 0.15) is 58.8 Å². The molecule has 4 rings (SSSR count). The molecule has 0 spiro atoms. The normalized spacial score (nSPS) is 46.0. The van der Waals surface area contributed by atoms with Crippen molar-refractivity contribution in [1.29, 1.82) is 0 Å². The van der Waals surface area contributed by atoms with Gasteiger partial charge in [-0.3, -0.25) is 14.4 Å². The molecule has 4 aliphatic carbocycles. The zero-order valence-electron chi connectivity index (χ0n) is 15.5. The number of methoxy groups -OCH3 is 1. The Morgan fingerprint density at radius 3 is 2.64 bits per heavy atom. The van der Waals surface area contributed by atoms with Crippen LogP contribution in [0.3, 0.4) is 0 Å². The van der Waals surface area contributed by atoms with Crippen molar-refractivity contribution < 1.29 is 19.1 Å². The summed E-state index contributed by atoms with van der Waals surface area (Å²) in [5.74, 6) is 0.928. The van der Waals surface area contributed by atoms with Crippen LogP contribution in [0.4, 0.5) is 0 Å². The van der Waals surface area contributed by atoms with Gasteiger partial charge in [0.1, 0.15) is 5.78 Å². The Balaban J connectivity index is 1.75. The summed E-state index contributed by atoms with van der Waals surface area (Å²) in [6.07, 6.45) is 7.83. The SMILES string of the molecule is COC(=O)[C@@H]1CC[C@@H]2[C@@H]3CC[C@@H]4CC(=O)CC[C@@]4(C)C3=CC(=O)[C@]21C. The molecule has 4 heteroatoms. The molecule has 0 aromatic heterocycles. The Kier molecular flexibility index (Phi) is 3.75. The van der Waals surface area contributed by atoms with Crippen LogP contribution in [0.15, 0.2) is 11.6 Å². The minimum atomic E-state index is -0.616. The lowest BCUT2D eigenvalue weighted by Gasteiger charge is -2.55. The van der Waals surface area contributed by atoms with E-state index in [-0.39, 0.29) is 29.0 Å². The van der Waals surface area contributed by atoms with Crippen LogP contribution >= 0.6 is 0 Å². The van der Waals surface area contributed by atoms with Crippen molar-refractivity contribution in [2.45, 2.75) is 58.8 Å². The number of ether oxygens (including phenoxy) is 1. The number of hydrogen-bond acceptors (Lipinski definition) is 4. The monoisotopic (exact) mass is 344 g/mol. The standard InChI is InChI=1S/C21H28O4/c1-20-9-8-13(22)10-12(20)4-5-14-15-6-7-16(19(24)25-3)21(15,2)18(23)11-17(14)20/h11-12,14-16H,4-10H2,1-3H3/t12-,14+,15-,16+,20-,21-/m1/s1. The molecule has 0 unspecified atom stereocenters. The van der Waals surface area contributed by atoms with Crippen LogP contribution in [0.5, 0.6) is 0 Å². The van der Waals surface area contributed by atoms with E-state index in [1.165, 1.54) is 12.7 Å². The summed E-state index contributed by atoms with van der Waals surface area (Å²) in [5.41, 5.74) is 0.654. The molecule has 0 radical (unpaired) electrons. The van der Waals surface area contributed by atoms with E-state index < -0.39 is 5.41 Å². The zero-order valence-corrected chi connectivity index (χ0v) is 15.5. The number of carbonyl (C=O) groups excluding carboxylic acids is 3. The van der Waals surface area contributed by atoms with E-state index in [4.69, 9.17) is 4.74 Å². The lowest BCUT2D eigenvalue weighted by atomic mass is 9.48. The summed E-state index contributed by atoms with van der Waals surface area (Å²) < 4.78 is 5.00. The number of carbonyl (C=O) groups is 3. The molecule has 3 fully saturated rings. The van der Waals surface area contributed by atoms with Gasteiger partial charge in [-0.1, -0.05) is 19.4 Å². The van der Waals surface area contributed by atoms with Gasteiger partial charge in [-0.2, -0.15) is 0 Å².